The van der Waals surface area contributed by atoms with Crippen molar-refractivity contribution in [2.75, 3.05) is 16.8 Å². The minimum Gasteiger partial charge on any atom is -0.451 e. The van der Waals surface area contributed by atoms with E-state index in [0.717, 1.165) is 46.1 Å². The number of amides is 2. The fourth-order valence-corrected chi connectivity index (χ4v) is 3.96. The number of anilines is 2. The molecule has 0 radical (unpaired) electrons. The lowest BCUT2D eigenvalue weighted by atomic mass is 10.0. The molecule has 0 saturated carbocycles. The molecule has 3 aromatic rings. The molecule has 2 heterocycles. The van der Waals surface area contributed by atoms with E-state index >= 15 is 0 Å². The molecule has 4 rings (SSSR count). The highest BCUT2D eigenvalue weighted by Gasteiger charge is 2.22. The summed E-state index contributed by atoms with van der Waals surface area (Å²) in [6.07, 6.45) is 1.81. The molecular formula is C21H19BrN2O3. The molecule has 0 spiro atoms. The Balaban J connectivity index is 1.62. The van der Waals surface area contributed by atoms with Gasteiger partial charge in [0.05, 0.1) is 0 Å². The first-order valence-corrected chi connectivity index (χ1v) is 9.64. The molecule has 0 atom stereocenters. The molecule has 0 saturated heterocycles. The summed E-state index contributed by atoms with van der Waals surface area (Å²) >= 11 is 3.45. The average Bonchev–Trinajstić information content (AvgIpc) is 2.97. The zero-order valence-electron chi connectivity index (χ0n) is 15.1. The van der Waals surface area contributed by atoms with E-state index < -0.39 is 0 Å². The number of halogens is 1. The van der Waals surface area contributed by atoms with Gasteiger partial charge in [-0.2, -0.15) is 0 Å². The van der Waals surface area contributed by atoms with Crippen LogP contribution >= 0.6 is 15.9 Å². The Labute approximate surface area is 165 Å². The van der Waals surface area contributed by atoms with Crippen molar-refractivity contribution in [3.8, 4) is 0 Å². The van der Waals surface area contributed by atoms with E-state index in [1.165, 1.54) is 0 Å². The highest BCUT2D eigenvalue weighted by atomic mass is 79.9. The van der Waals surface area contributed by atoms with Crippen LogP contribution in [0, 0.1) is 6.92 Å². The van der Waals surface area contributed by atoms with E-state index in [2.05, 4.69) is 21.2 Å². The van der Waals surface area contributed by atoms with E-state index in [-0.39, 0.29) is 11.8 Å². The number of furan rings is 1. The van der Waals surface area contributed by atoms with E-state index in [9.17, 15) is 9.59 Å². The summed E-state index contributed by atoms with van der Waals surface area (Å²) in [7, 11) is 0. The summed E-state index contributed by atoms with van der Waals surface area (Å²) in [4.78, 5) is 26.3. The number of rotatable bonds is 2. The van der Waals surface area contributed by atoms with Crippen LogP contribution < -0.4 is 10.2 Å². The Morgan fingerprint density at radius 1 is 1.19 bits per heavy atom. The summed E-state index contributed by atoms with van der Waals surface area (Å²) in [5, 5.41) is 3.83. The summed E-state index contributed by atoms with van der Waals surface area (Å²) in [6.45, 7) is 4.19. The van der Waals surface area contributed by atoms with Gasteiger partial charge in [-0.3, -0.25) is 9.59 Å². The van der Waals surface area contributed by atoms with E-state index in [1.54, 1.807) is 11.8 Å². The number of nitrogens with zero attached hydrogens (tertiary/aromatic N) is 1. The van der Waals surface area contributed by atoms with Crippen molar-refractivity contribution in [1.82, 2.24) is 0 Å². The summed E-state index contributed by atoms with van der Waals surface area (Å²) in [6, 6.07) is 11.3. The van der Waals surface area contributed by atoms with Crippen molar-refractivity contribution >= 4 is 50.1 Å². The van der Waals surface area contributed by atoms with E-state index in [1.807, 2.05) is 43.3 Å². The molecule has 27 heavy (non-hydrogen) atoms. The smallest absolute Gasteiger partial charge is 0.291 e. The monoisotopic (exact) mass is 426 g/mol. The first-order chi connectivity index (χ1) is 12.9. The first-order valence-electron chi connectivity index (χ1n) is 8.85. The highest BCUT2D eigenvalue weighted by Crippen LogP contribution is 2.31. The second-order valence-corrected chi connectivity index (χ2v) is 7.68. The predicted octanol–water partition coefficient (Wildman–Crippen LogP) is 5.06. The van der Waals surface area contributed by atoms with Crippen molar-refractivity contribution < 1.29 is 14.0 Å². The van der Waals surface area contributed by atoms with Gasteiger partial charge in [-0.1, -0.05) is 15.9 Å². The van der Waals surface area contributed by atoms with Gasteiger partial charge in [-0.15, -0.1) is 0 Å². The molecule has 6 heteroatoms. The number of carbonyl (C=O) groups is 2. The normalized spacial score (nSPS) is 13.5. The van der Waals surface area contributed by atoms with Crippen molar-refractivity contribution in [2.45, 2.75) is 26.7 Å². The Morgan fingerprint density at radius 2 is 2.00 bits per heavy atom. The second-order valence-electron chi connectivity index (χ2n) is 6.77. The third-order valence-electron chi connectivity index (χ3n) is 4.94. The van der Waals surface area contributed by atoms with Crippen LogP contribution in [0.3, 0.4) is 0 Å². The number of fused-ring (bicyclic) bond motifs is 2. The van der Waals surface area contributed by atoms with Gasteiger partial charge in [0, 0.05) is 40.3 Å². The summed E-state index contributed by atoms with van der Waals surface area (Å²) < 4.78 is 6.70. The van der Waals surface area contributed by atoms with Crippen LogP contribution in [0.1, 0.15) is 35.0 Å². The zero-order valence-corrected chi connectivity index (χ0v) is 16.7. The zero-order chi connectivity index (χ0) is 19.1. The topological polar surface area (TPSA) is 62.6 Å². The lowest BCUT2D eigenvalue weighted by molar-refractivity contribution is -0.116. The molecule has 0 fully saturated rings. The average molecular weight is 427 g/mol. The van der Waals surface area contributed by atoms with Crippen molar-refractivity contribution in [1.29, 1.82) is 0 Å². The van der Waals surface area contributed by atoms with Crippen LogP contribution in [-0.4, -0.2) is 18.4 Å². The van der Waals surface area contributed by atoms with Gasteiger partial charge in [-0.05, 0) is 61.7 Å². The minimum atomic E-state index is -0.279. The Hall–Kier alpha value is -2.60. The van der Waals surface area contributed by atoms with Crippen LogP contribution in [0.5, 0.6) is 0 Å². The molecule has 138 valence electrons. The molecule has 1 aromatic heterocycles. The van der Waals surface area contributed by atoms with Gasteiger partial charge in [-0.25, -0.2) is 0 Å². The standard InChI is InChI=1S/C21H19BrN2O3/c1-12-17-11-15(22)5-8-19(17)27-20(12)21(26)23-16-6-7-18-14(10-16)4-3-9-24(18)13(2)25/h5-8,10-11H,3-4,9H2,1-2H3,(H,23,26). The number of aryl methyl sites for hydroxylation is 2. The fraction of sp³-hybridized carbons (Fsp3) is 0.238. The van der Waals surface area contributed by atoms with Gasteiger partial charge in [0.15, 0.2) is 5.76 Å². The van der Waals surface area contributed by atoms with Gasteiger partial charge in [0.2, 0.25) is 5.91 Å². The number of hydrogen-bond donors (Lipinski definition) is 1. The van der Waals surface area contributed by atoms with E-state index in [0.29, 0.717) is 17.0 Å². The van der Waals surface area contributed by atoms with Crippen LogP contribution in [0.2, 0.25) is 0 Å². The van der Waals surface area contributed by atoms with Crippen LogP contribution in [0.25, 0.3) is 11.0 Å². The van der Waals surface area contributed by atoms with Crippen LogP contribution in [0.4, 0.5) is 11.4 Å². The largest absolute Gasteiger partial charge is 0.451 e. The number of benzene rings is 2. The molecule has 1 aliphatic heterocycles. The molecule has 0 unspecified atom stereocenters. The molecule has 0 bridgehead atoms. The van der Waals surface area contributed by atoms with Crippen LogP contribution in [0.15, 0.2) is 45.3 Å². The maximum absolute atomic E-state index is 12.7. The van der Waals surface area contributed by atoms with Gasteiger partial charge < -0.3 is 14.6 Å². The summed E-state index contributed by atoms with van der Waals surface area (Å²) in [5.41, 5.74) is 4.19. The number of carbonyl (C=O) groups excluding carboxylic acids is 2. The van der Waals surface area contributed by atoms with Gasteiger partial charge in [0.1, 0.15) is 5.58 Å². The third-order valence-corrected chi connectivity index (χ3v) is 5.43. The first kappa shape index (κ1) is 17.8. The molecule has 1 aliphatic rings. The molecule has 2 aromatic carbocycles. The lowest BCUT2D eigenvalue weighted by Gasteiger charge is -2.28. The van der Waals surface area contributed by atoms with Gasteiger partial charge >= 0.3 is 0 Å². The molecule has 1 N–H and O–H groups in total. The molecular weight excluding hydrogens is 408 g/mol. The lowest BCUT2D eigenvalue weighted by Crippen LogP contribution is -2.33. The SMILES string of the molecule is CC(=O)N1CCCc2cc(NC(=O)c3oc4ccc(Br)cc4c3C)ccc21. The maximum Gasteiger partial charge on any atom is 0.291 e. The molecule has 2 amide bonds. The second kappa shape index (κ2) is 6.85. The van der Waals surface area contributed by atoms with Gasteiger partial charge in [0.25, 0.3) is 5.91 Å². The summed E-state index contributed by atoms with van der Waals surface area (Å²) in [5.74, 6) is 0.0713. The maximum atomic E-state index is 12.7. The molecule has 0 aliphatic carbocycles. The highest BCUT2D eigenvalue weighted by molar-refractivity contribution is 9.10. The van der Waals surface area contributed by atoms with Crippen molar-refractivity contribution in [3.05, 3.63) is 57.8 Å². The fourth-order valence-electron chi connectivity index (χ4n) is 3.60. The molecule has 5 nitrogen and oxygen atoms in total. The van der Waals surface area contributed by atoms with E-state index in [4.69, 9.17) is 4.42 Å². The Kier molecular flexibility index (Phi) is 4.52. The minimum absolute atomic E-state index is 0.0387. The Bertz CT molecular complexity index is 1070. The Morgan fingerprint density at radius 3 is 2.78 bits per heavy atom. The van der Waals surface area contributed by atoms with Crippen molar-refractivity contribution in [2.24, 2.45) is 0 Å². The number of hydrogen-bond acceptors (Lipinski definition) is 3. The number of nitrogens with one attached hydrogen (secondary N) is 1. The third kappa shape index (κ3) is 3.25. The van der Waals surface area contributed by atoms with Crippen LogP contribution in [-0.2, 0) is 11.2 Å². The predicted molar refractivity (Wildman–Crippen MR) is 109 cm³/mol. The van der Waals surface area contributed by atoms with Crippen molar-refractivity contribution in [3.63, 3.8) is 0 Å². The quantitative estimate of drug-likeness (QED) is 0.622.